The number of nitrogens with one attached hydrogen (secondary N) is 1. The van der Waals surface area contributed by atoms with Crippen LogP contribution in [0.25, 0.3) is 0 Å². The van der Waals surface area contributed by atoms with Gasteiger partial charge in [0.2, 0.25) is 11.8 Å². The second-order valence-corrected chi connectivity index (χ2v) is 4.73. The minimum absolute atomic E-state index is 0.00957. The number of rotatable bonds is 5. The summed E-state index contributed by atoms with van der Waals surface area (Å²) in [7, 11) is 0. The largest absolute Gasteiger partial charge is 0.352 e. The average molecular weight is 261 g/mol. The second kappa shape index (κ2) is 7.54. The van der Waals surface area contributed by atoms with Gasteiger partial charge >= 0.3 is 0 Å². The van der Waals surface area contributed by atoms with Gasteiger partial charge in [-0.1, -0.05) is 13.3 Å². The Kier molecular flexibility index (Phi) is 6.34. The van der Waals surface area contributed by atoms with Gasteiger partial charge in [0.05, 0.1) is 0 Å². The van der Waals surface area contributed by atoms with Gasteiger partial charge in [0.1, 0.15) is 5.88 Å². The van der Waals surface area contributed by atoms with E-state index in [9.17, 15) is 9.59 Å². The van der Waals surface area contributed by atoms with E-state index in [1.807, 2.05) is 4.90 Å². The SMILES string of the molecule is CCCCC(=O)N1CCC(NC(=O)CCl)CC1. The molecule has 0 aromatic carbocycles. The number of hydrogen-bond acceptors (Lipinski definition) is 2. The van der Waals surface area contributed by atoms with Crippen LogP contribution >= 0.6 is 11.6 Å². The van der Waals surface area contributed by atoms with Crippen LogP contribution < -0.4 is 5.32 Å². The molecule has 0 bridgehead atoms. The highest BCUT2D eigenvalue weighted by Gasteiger charge is 2.22. The molecule has 98 valence electrons. The van der Waals surface area contributed by atoms with Crippen molar-refractivity contribution in [2.45, 2.75) is 45.1 Å². The van der Waals surface area contributed by atoms with E-state index >= 15 is 0 Å². The van der Waals surface area contributed by atoms with Crippen molar-refractivity contribution >= 4 is 23.4 Å². The molecule has 1 rings (SSSR count). The number of carbonyl (C=O) groups excluding carboxylic acids is 2. The highest BCUT2D eigenvalue weighted by molar-refractivity contribution is 6.27. The maximum Gasteiger partial charge on any atom is 0.235 e. The Labute approximate surface area is 108 Å². The minimum atomic E-state index is -0.123. The van der Waals surface area contributed by atoms with Gasteiger partial charge in [-0.15, -0.1) is 11.6 Å². The Balaban J connectivity index is 2.25. The summed E-state index contributed by atoms with van der Waals surface area (Å²) in [6.07, 6.45) is 4.33. The van der Waals surface area contributed by atoms with Crippen molar-refractivity contribution in [2.24, 2.45) is 0 Å². The molecule has 4 nitrogen and oxygen atoms in total. The molecular weight excluding hydrogens is 240 g/mol. The van der Waals surface area contributed by atoms with Crippen LogP contribution in [0.2, 0.25) is 0 Å². The maximum atomic E-state index is 11.8. The number of hydrogen-bond donors (Lipinski definition) is 1. The van der Waals surface area contributed by atoms with Crippen molar-refractivity contribution in [1.82, 2.24) is 10.2 Å². The zero-order valence-electron chi connectivity index (χ0n) is 10.4. The summed E-state index contributed by atoms with van der Waals surface area (Å²) < 4.78 is 0. The smallest absolute Gasteiger partial charge is 0.235 e. The molecule has 0 aromatic rings. The van der Waals surface area contributed by atoms with Gasteiger partial charge in [0, 0.05) is 25.6 Å². The van der Waals surface area contributed by atoms with Gasteiger partial charge < -0.3 is 10.2 Å². The van der Waals surface area contributed by atoms with Gasteiger partial charge in [-0.3, -0.25) is 9.59 Å². The fraction of sp³-hybridized carbons (Fsp3) is 0.833. The van der Waals surface area contributed by atoms with Gasteiger partial charge in [0.25, 0.3) is 0 Å². The van der Waals surface area contributed by atoms with Gasteiger partial charge in [-0.05, 0) is 19.3 Å². The summed E-state index contributed by atoms with van der Waals surface area (Å²) in [5, 5.41) is 2.86. The van der Waals surface area contributed by atoms with E-state index in [4.69, 9.17) is 11.6 Å². The van der Waals surface area contributed by atoms with Crippen LogP contribution in [0.3, 0.4) is 0 Å². The molecule has 1 fully saturated rings. The minimum Gasteiger partial charge on any atom is -0.352 e. The average Bonchev–Trinajstić information content (AvgIpc) is 2.36. The lowest BCUT2D eigenvalue weighted by Gasteiger charge is -2.32. The zero-order valence-corrected chi connectivity index (χ0v) is 11.1. The standard InChI is InChI=1S/C12H21ClN2O2/c1-2-3-4-12(17)15-7-5-10(6-8-15)14-11(16)9-13/h10H,2-9H2,1H3,(H,14,16). The van der Waals surface area contributed by atoms with Crippen LogP contribution in [0.1, 0.15) is 39.0 Å². The number of alkyl halides is 1. The van der Waals surface area contributed by atoms with E-state index in [1.165, 1.54) is 0 Å². The quantitative estimate of drug-likeness (QED) is 0.762. The lowest BCUT2D eigenvalue weighted by atomic mass is 10.0. The topological polar surface area (TPSA) is 49.4 Å². The fourth-order valence-corrected chi connectivity index (χ4v) is 2.10. The lowest BCUT2D eigenvalue weighted by Crippen LogP contribution is -2.46. The van der Waals surface area contributed by atoms with Crippen molar-refractivity contribution in [2.75, 3.05) is 19.0 Å². The third-order valence-electron chi connectivity index (χ3n) is 3.08. The summed E-state index contributed by atoms with van der Waals surface area (Å²) in [4.78, 5) is 24.8. The Hall–Kier alpha value is -0.770. The molecule has 1 N–H and O–H groups in total. The summed E-state index contributed by atoms with van der Waals surface area (Å²) in [6, 6.07) is 0.177. The van der Waals surface area contributed by atoms with E-state index in [0.29, 0.717) is 6.42 Å². The molecular formula is C12H21ClN2O2. The number of halogens is 1. The van der Waals surface area contributed by atoms with Gasteiger partial charge in [0.15, 0.2) is 0 Å². The van der Waals surface area contributed by atoms with E-state index in [0.717, 1.165) is 38.8 Å². The van der Waals surface area contributed by atoms with E-state index in [-0.39, 0.29) is 23.7 Å². The predicted molar refractivity (Wildman–Crippen MR) is 68.0 cm³/mol. The highest BCUT2D eigenvalue weighted by atomic mass is 35.5. The first-order chi connectivity index (χ1) is 8.17. The third kappa shape index (κ3) is 4.94. The number of unbranched alkanes of at least 4 members (excludes halogenated alkanes) is 1. The van der Waals surface area contributed by atoms with Crippen molar-refractivity contribution in [3.8, 4) is 0 Å². The first-order valence-electron chi connectivity index (χ1n) is 6.30. The third-order valence-corrected chi connectivity index (χ3v) is 3.32. The molecule has 0 aromatic heterocycles. The van der Waals surface area contributed by atoms with Crippen LogP contribution in [0.15, 0.2) is 0 Å². The molecule has 0 unspecified atom stereocenters. The molecule has 0 saturated carbocycles. The van der Waals surface area contributed by atoms with Crippen LogP contribution in [0, 0.1) is 0 Å². The zero-order chi connectivity index (χ0) is 12.7. The fourth-order valence-electron chi connectivity index (χ4n) is 2.03. The summed E-state index contributed by atoms with van der Waals surface area (Å²) in [5.41, 5.74) is 0. The summed E-state index contributed by atoms with van der Waals surface area (Å²) >= 11 is 5.43. The Morgan fingerprint density at radius 2 is 2.00 bits per heavy atom. The molecule has 1 aliphatic rings. The monoisotopic (exact) mass is 260 g/mol. The van der Waals surface area contributed by atoms with Crippen molar-refractivity contribution in [3.63, 3.8) is 0 Å². The number of likely N-dealkylation sites (tertiary alicyclic amines) is 1. The molecule has 2 amide bonds. The maximum absolute atomic E-state index is 11.8. The van der Waals surface area contributed by atoms with Crippen LogP contribution in [0.4, 0.5) is 0 Å². The first kappa shape index (κ1) is 14.3. The molecule has 17 heavy (non-hydrogen) atoms. The molecule has 0 atom stereocenters. The Morgan fingerprint density at radius 3 is 2.53 bits per heavy atom. The number of amides is 2. The molecule has 1 aliphatic heterocycles. The van der Waals surface area contributed by atoms with Crippen LogP contribution in [-0.4, -0.2) is 41.7 Å². The summed E-state index contributed by atoms with van der Waals surface area (Å²) in [6.45, 7) is 3.58. The molecule has 0 spiro atoms. The Bertz CT molecular complexity index is 263. The second-order valence-electron chi connectivity index (χ2n) is 4.46. The molecule has 1 saturated heterocycles. The number of carbonyl (C=O) groups is 2. The number of piperidine rings is 1. The first-order valence-corrected chi connectivity index (χ1v) is 6.84. The van der Waals surface area contributed by atoms with E-state index in [2.05, 4.69) is 12.2 Å². The van der Waals surface area contributed by atoms with Crippen molar-refractivity contribution in [1.29, 1.82) is 0 Å². The highest BCUT2D eigenvalue weighted by Crippen LogP contribution is 2.12. The number of nitrogens with zero attached hydrogens (tertiary/aromatic N) is 1. The Morgan fingerprint density at radius 1 is 1.35 bits per heavy atom. The van der Waals surface area contributed by atoms with Gasteiger partial charge in [-0.2, -0.15) is 0 Å². The normalized spacial score (nSPS) is 16.9. The van der Waals surface area contributed by atoms with Crippen LogP contribution in [0.5, 0.6) is 0 Å². The lowest BCUT2D eigenvalue weighted by molar-refractivity contribution is -0.132. The van der Waals surface area contributed by atoms with E-state index < -0.39 is 0 Å². The van der Waals surface area contributed by atoms with Crippen molar-refractivity contribution < 1.29 is 9.59 Å². The molecule has 5 heteroatoms. The van der Waals surface area contributed by atoms with Gasteiger partial charge in [-0.25, -0.2) is 0 Å². The summed E-state index contributed by atoms with van der Waals surface area (Å²) in [5.74, 6) is 0.131. The molecule has 0 radical (unpaired) electrons. The predicted octanol–water partition coefficient (Wildman–Crippen LogP) is 1.52. The van der Waals surface area contributed by atoms with Crippen molar-refractivity contribution in [3.05, 3.63) is 0 Å². The van der Waals surface area contributed by atoms with Crippen LogP contribution in [-0.2, 0) is 9.59 Å². The molecule has 1 heterocycles. The molecule has 0 aliphatic carbocycles. The van der Waals surface area contributed by atoms with E-state index in [1.54, 1.807) is 0 Å².